The normalized spacial score (nSPS) is 11.0. The van der Waals surface area contributed by atoms with Crippen molar-refractivity contribution >= 4 is 16.9 Å². The van der Waals surface area contributed by atoms with Crippen LogP contribution in [0.15, 0.2) is 71.3 Å². The zero-order valence-electron chi connectivity index (χ0n) is 18.4. The zero-order chi connectivity index (χ0) is 22.5. The number of hydrogen-bond donors (Lipinski definition) is 1. The first kappa shape index (κ1) is 21.7. The van der Waals surface area contributed by atoms with Crippen LogP contribution < -0.4 is 10.5 Å². The number of carbonyl (C=O) groups is 1. The fourth-order valence-corrected chi connectivity index (χ4v) is 3.76. The molecule has 1 heterocycles. The van der Waals surface area contributed by atoms with Gasteiger partial charge in [-0.25, -0.2) is 0 Å². The molecule has 0 aliphatic carbocycles. The van der Waals surface area contributed by atoms with E-state index in [1.54, 1.807) is 13.2 Å². The monoisotopic (exact) mass is 429 g/mol. The maximum absolute atomic E-state index is 12.0. The Morgan fingerprint density at radius 1 is 1.00 bits per heavy atom. The van der Waals surface area contributed by atoms with Crippen LogP contribution in [0, 0.1) is 6.92 Å². The molecule has 0 aliphatic rings. The number of carbonyl (C=O) groups excluding carboxylic acids is 1. The second-order valence-corrected chi connectivity index (χ2v) is 7.76. The minimum absolute atomic E-state index is 0.179. The third kappa shape index (κ3) is 4.84. The van der Waals surface area contributed by atoms with Crippen molar-refractivity contribution < 1.29 is 18.7 Å². The summed E-state index contributed by atoms with van der Waals surface area (Å²) >= 11 is 0. The molecule has 3 aromatic carbocycles. The van der Waals surface area contributed by atoms with E-state index in [1.165, 1.54) is 0 Å². The van der Waals surface area contributed by atoms with Crippen LogP contribution in [0.2, 0.25) is 0 Å². The molecule has 0 bridgehead atoms. The molecule has 5 heteroatoms. The van der Waals surface area contributed by atoms with Gasteiger partial charge in [-0.3, -0.25) is 4.79 Å². The van der Waals surface area contributed by atoms with E-state index in [0.29, 0.717) is 25.5 Å². The summed E-state index contributed by atoms with van der Waals surface area (Å²) < 4.78 is 17.0. The number of fused-ring (bicyclic) bond motifs is 1. The molecule has 32 heavy (non-hydrogen) atoms. The summed E-state index contributed by atoms with van der Waals surface area (Å²) in [4.78, 5) is 12.0. The second kappa shape index (κ2) is 9.71. The Labute approximate surface area is 187 Å². The summed E-state index contributed by atoms with van der Waals surface area (Å²) in [6, 6.07) is 20.2. The van der Waals surface area contributed by atoms with Crippen molar-refractivity contribution in [3.63, 3.8) is 0 Å². The predicted octanol–water partition coefficient (Wildman–Crippen LogP) is 5.55. The first-order valence-electron chi connectivity index (χ1n) is 10.7. The topological polar surface area (TPSA) is 74.7 Å². The Balaban J connectivity index is 1.58. The number of nitrogens with two attached hydrogens (primary N) is 1. The van der Waals surface area contributed by atoms with Crippen LogP contribution in [0.5, 0.6) is 5.75 Å². The first-order valence-corrected chi connectivity index (χ1v) is 10.7. The molecule has 164 valence electrons. The maximum atomic E-state index is 12.0. The highest BCUT2D eigenvalue weighted by molar-refractivity contribution is 5.86. The zero-order valence-corrected chi connectivity index (χ0v) is 18.4. The third-order valence-corrected chi connectivity index (χ3v) is 5.39. The van der Waals surface area contributed by atoms with Gasteiger partial charge in [-0.2, -0.15) is 0 Å². The quantitative estimate of drug-likeness (QED) is 0.372. The minimum atomic E-state index is -0.263. The van der Waals surface area contributed by atoms with E-state index in [-0.39, 0.29) is 12.4 Å². The predicted molar refractivity (Wildman–Crippen MR) is 125 cm³/mol. The number of aryl methyl sites for hydroxylation is 1. The minimum Gasteiger partial charge on any atom is -0.488 e. The van der Waals surface area contributed by atoms with E-state index >= 15 is 0 Å². The van der Waals surface area contributed by atoms with Gasteiger partial charge in [0.15, 0.2) is 0 Å². The molecule has 5 nitrogen and oxygen atoms in total. The van der Waals surface area contributed by atoms with Crippen molar-refractivity contribution in [2.24, 2.45) is 5.73 Å². The van der Waals surface area contributed by atoms with Crippen LogP contribution in [0.4, 0.5) is 0 Å². The summed E-state index contributed by atoms with van der Waals surface area (Å²) in [7, 11) is 0. The molecule has 0 aliphatic heterocycles. The van der Waals surface area contributed by atoms with Crippen molar-refractivity contribution in [3.8, 4) is 16.9 Å². The molecule has 0 unspecified atom stereocenters. The number of furan rings is 1. The van der Waals surface area contributed by atoms with Crippen molar-refractivity contribution in [2.75, 3.05) is 6.61 Å². The van der Waals surface area contributed by atoms with Gasteiger partial charge in [0.2, 0.25) is 0 Å². The van der Waals surface area contributed by atoms with Gasteiger partial charge in [0.25, 0.3) is 0 Å². The molecule has 0 fully saturated rings. The molecule has 0 saturated carbocycles. The lowest BCUT2D eigenvalue weighted by Crippen LogP contribution is -2.09. The van der Waals surface area contributed by atoms with Crippen LogP contribution in [-0.4, -0.2) is 12.6 Å². The van der Waals surface area contributed by atoms with Crippen molar-refractivity contribution in [1.82, 2.24) is 0 Å². The van der Waals surface area contributed by atoms with Gasteiger partial charge in [-0.1, -0.05) is 42.0 Å². The average Bonchev–Trinajstić information content (AvgIpc) is 3.21. The molecule has 0 spiro atoms. The molecule has 0 radical (unpaired) electrons. The molecule has 2 N–H and O–H groups in total. The number of rotatable bonds is 8. The largest absolute Gasteiger partial charge is 0.488 e. The highest BCUT2D eigenvalue weighted by atomic mass is 16.5. The molecule has 4 rings (SSSR count). The lowest BCUT2D eigenvalue weighted by Gasteiger charge is -2.12. The van der Waals surface area contributed by atoms with Crippen LogP contribution in [-0.2, 0) is 29.1 Å². The van der Waals surface area contributed by atoms with Gasteiger partial charge in [0.1, 0.15) is 17.9 Å². The summed E-state index contributed by atoms with van der Waals surface area (Å²) in [5.41, 5.74) is 12.7. The Bertz CT molecular complexity index is 1240. The average molecular weight is 430 g/mol. The molecule has 1 aromatic heterocycles. The standard InChI is InChI=1S/C27H27NO4/c1-3-30-27(29)14-22-11-18(2)7-9-25(22)31-16-23-17-32-26-10-8-21(13-24(23)26)20-6-4-5-19(12-20)15-28/h4-13,17H,3,14-16,28H2,1-2H3. The lowest BCUT2D eigenvalue weighted by atomic mass is 10.0. The summed E-state index contributed by atoms with van der Waals surface area (Å²) in [6.45, 7) is 4.99. The Kier molecular flexibility index (Phi) is 6.57. The second-order valence-electron chi connectivity index (χ2n) is 7.76. The Morgan fingerprint density at radius 2 is 1.84 bits per heavy atom. The molecule has 4 aromatic rings. The summed E-state index contributed by atoms with van der Waals surface area (Å²) in [5.74, 6) is 0.408. The number of esters is 1. The molecular weight excluding hydrogens is 402 g/mol. The van der Waals surface area contributed by atoms with E-state index < -0.39 is 0 Å². The van der Waals surface area contributed by atoms with Crippen molar-refractivity contribution in [2.45, 2.75) is 33.4 Å². The van der Waals surface area contributed by atoms with Crippen LogP contribution in [0.3, 0.4) is 0 Å². The van der Waals surface area contributed by atoms with Gasteiger partial charge in [0.05, 0.1) is 19.3 Å². The van der Waals surface area contributed by atoms with Gasteiger partial charge >= 0.3 is 5.97 Å². The van der Waals surface area contributed by atoms with Crippen LogP contribution >= 0.6 is 0 Å². The molecular formula is C27H27NO4. The van der Waals surface area contributed by atoms with E-state index in [2.05, 4.69) is 18.2 Å². The van der Waals surface area contributed by atoms with E-state index in [1.807, 2.05) is 49.4 Å². The number of benzene rings is 3. The molecule has 0 saturated heterocycles. The van der Waals surface area contributed by atoms with Crippen LogP contribution in [0.25, 0.3) is 22.1 Å². The van der Waals surface area contributed by atoms with Crippen LogP contribution in [0.1, 0.15) is 29.2 Å². The smallest absolute Gasteiger partial charge is 0.310 e. The number of ether oxygens (including phenoxy) is 2. The van der Waals surface area contributed by atoms with Gasteiger partial charge in [-0.15, -0.1) is 0 Å². The first-order chi connectivity index (χ1) is 15.6. The van der Waals surface area contributed by atoms with Crippen molar-refractivity contribution in [3.05, 3.63) is 89.2 Å². The Hall–Kier alpha value is -3.57. The third-order valence-electron chi connectivity index (χ3n) is 5.39. The van der Waals surface area contributed by atoms with E-state index in [4.69, 9.17) is 19.6 Å². The van der Waals surface area contributed by atoms with Gasteiger partial charge < -0.3 is 19.6 Å². The summed E-state index contributed by atoms with van der Waals surface area (Å²) in [6.07, 6.45) is 1.91. The molecule has 0 amide bonds. The van der Waals surface area contributed by atoms with Crippen molar-refractivity contribution in [1.29, 1.82) is 0 Å². The molecule has 0 atom stereocenters. The van der Waals surface area contributed by atoms with E-state index in [0.717, 1.165) is 44.3 Å². The fourth-order valence-electron chi connectivity index (χ4n) is 3.76. The lowest BCUT2D eigenvalue weighted by molar-refractivity contribution is -0.142. The van der Waals surface area contributed by atoms with Gasteiger partial charge in [-0.05, 0) is 54.8 Å². The summed E-state index contributed by atoms with van der Waals surface area (Å²) in [5, 5.41) is 1.000. The SMILES string of the molecule is CCOC(=O)Cc1cc(C)ccc1OCc1coc2ccc(-c3cccc(CN)c3)cc12. The van der Waals surface area contributed by atoms with Gasteiger partial charge in [0, 0.05) is 23.1 Å². The Morgan fingerprint density at radius 3 is 2.66 bits per heavy atom. The highest BCUT2D eigenvalue weighted by Gasteiger charge is 2.13. The maximum Gasteiger partial charge on any atom is 0.310 e. The number of hydrogen-bond acceptors (Lipinski definition) is 5. The van der Waals surface area contributed by atoms with E-state index in [9.17, 15) is 4.79 Å². The highest BCUT2D eigenvalue weighted by Crippen LogP contribution is 2.30. The fraction of sp³-hybridized carbons (Fsp3) is 0.222.